The lowest BCUT2D eigenvalue weighted by molar-refractivity contribution is 0.414. The number of halogens is 1. The van der Waals surface area contributed by atoms with E-state index in [9.17, 15) is 0 Å². The third-order valence-electron chi connectivity index (χ3n) is 5.34. The van der Waals surface area contributed by atoms with Crippen LogP contribution in [0.3, 0.4) is 0 Å². The van der Waals surface area contributed by atoms with Gasteiger partial charge in [-0.15, -0.1) is 0 Å². The number of hydrogen-bond donors (Lipinski definition) is 0. The molecule has 0 aliphatic carbocycles. The van der Waals surface area contributed by atoms with Crippen LogP contribution in [-0.4, -0.2) is 21.6 Å². The first kappa shape index (κ1) is 18.5. The van der Waals surface area contributed by atoms with Crippen molar-refractivity contribution >= 4 is 40.2 Å². The maximum atomic E-state index is 6.31. The lowest BCUT2D eigenvalue weighted by atomic mass is 10.1. The Labute approximate surface area is 180 Å². The molecule has 5 heteroatoms. The van der Waals surface area contributed by atoms with Crippen LogP contribution in [0.4, 0.5) is 0 Å². The van der Waals surface area contributed by atoms with Gasteiger partial charge in [-0.2, -0.15) is 0 Å². The molecule has 0 amide bonds. The fourth-order valence-electron chi connectivity index (χ4n) is 3.81. The molecule has 2 heterocycles. The van der Waals surface area contributed by atoms with Crippen LogP contribution < -0.4 is 4.74 Å². The Bertz CT molecular complexity index is 1290. The number of fused-ring (bicyclic) bond motifs is 3. The zero-order valence-electron chi connectivity index (χ0n) is 16.5. The van der Waals surface area contributed by atoms with Crippen molar-refractivity contribution in [1.29, 1.82) is 0 Å². The second-order valence-corrected chi connectivity index (χ2v) is 7.64. The number of benzene rings is 3. The summed E-state index contributed by atoms with van der Waals surface area (Å²) in [7, 11) is 1.67. The van der Waals surface area contributed by atoms with Crippen LogP contribution in [0.5, 0.6) is 5.75 Å². The van der Waals surface area contributed by atoms with E-state index < -0.39 is 0 Å². The summed E-state index contributed by atoms with van der Waals surface area (Å²) in [6.07, 6.45) is 2.12. The second kappa shape index (κ2) is 7.39. The molecule has 4 nitrogen and oxygen atoms in total. The predicted octanol–water partition coefficient (Wildman–Crippen LogP) is 6.14. The fourth-order valence-corrected chi connectivity index (χ4v) is 4.00. The smallest absolute Gasteiger partial charge is 0.161 e. The average molecular weight is 414 g/mol. The average Bonchev–Trinajstić information content (AvgIpc) is 3.15. The van der Waals surface area contributed by atoms with Gasteiger partial charge in [0.05, 0.1) is 29.5 Å². The molecule has 0 atom stereocenters. The Morgan fingerprint density at radius 2 is 1.80 bits per heavy atom. The first-order valence-electron chi connectivity index (χ1n) is 9.68. The Balaban J connectivity index is 1.65. The number of hydrogen-bond acceptors (Lipinski definition) is 3. The van der Waals surface area contributed by atoms with E-state index in [1.807, 2.05) is 48.5 Å². The highest BCUT2D eigenvalue weighted by atomic mass is 35.5. The van der Waals surface area contributed by atoms with Crippen molar-refractivity contribution in [3.8, 4) is 5.75 Å². The number of aromatic nitrogens is 2. The van der Waals surface area contributed by atoms with Gasteiger partial charge >= 0.3 is 0 Å². The molecule has 1 aromatic heterocycles. The summed E-state index contributed by atoms with van der Waals surface area (Å²) in [6.45, 7) is 5.06. The minimum atomic E-state index is 0.657. The number of methoxy groups -OCH3 is 1. The monoisotopic (exact) mass is 413 g/mol. The van der Waals surface area contributed by atoms with Crippen LogP contribution in [0.2, 0.25) is 5.02 Å². The first-order chi connectivity index (χ1) is 14.6. The molecule has 148 valence electrons. The van der Waals surface area contributed by atoms with Gasteiger partial charge in [0.25, 0.3) is 0 Å². The molecule has 0 N–H and O–H groups in total. The zero-order valence-corrected chi connectivity index (χ0v) is 17.3. The summed E-state index contributed by atoms with van der Waals surface area (Å²) in [5.41, 5.74) is 6.04. The van der Waals surface area contributed by atoms with Gasteiger partial charge in [-0.05, 0) is 42.0 Å². The van der Waals surface area contributed by atoms with Crippen LogP contribution in [0.25, 0.3) is 28.6 Å². The summed E-state index contributed by atoms with van der Waals surface area (Å²) >= 11 is 6.31. The number of ether oxygens (including phenoxy) is 1. The lowest BCUT2D eigenvalue weighted by Crippen LogP contribution is -2.25. The van der Waals surface area contributed by atoms with Gasteiger partial charge in [0.1, 0.15) is 5.75 Å². The maximum Gasteiger partial charge on any atom is 0.161 e. The number of para-hydroxylation sites is 2. The summed E-state index contributed by atoms with van der Waals surface area (Å²) in [5.74, 6) is 1.68. The van der Waals surface area contributed by atoms with Crippen molar-refractivity contribution in [3.63, 3.8) is 0 Å². The standard InChI is InChI=1S/C25H20ClN3O/c1-17-25-27-22-8-3-4-9-23(22)29(25)16-24(19-6-5-7-20(26)14-19)28(17)15-18-10-12-21(30-2)13-11-18/h3-14,16H,1,15H2,2H3. The van der Waals surface area contributed by atoms with E-state index in [0.29, 0.717) is 11.6 Å². The van der Waals surface area contributed by atoms with Gasteiger partial charge in [-0.1, -0.05) is 54.6 Å². The van der Waals surface area contributed by atoms with Gasteiger partial charge in [0, 0.05) is 23.3 Å². The molecule has 1 aliphatic heterocycles. The van der Waals surface area contributed by atoms with Gasteiger partial charge in [0.15, 0.2) is 5.82 Å². The molecular weight excluding hydrogens is 394 g/mol. The third-order valence-corrected chi connectivity index (χ3v) is 5.58. The normalized spacial score (nSPS) is 13.3. The molecule has 0 radical (unpaired) electrons. The molecule has 30 heavy (non-hydrogen) atoms. The van der Waals surface area contributed by atoms with E-state index >= 15 is 0 Å². The summed E-state index contributed by atoms with van der Waals surface area (Å²) in [5, 5.41) is 0.699. The molecule has 0 saturated heterocycles. The number of rotatable bonds is 4. The molecule has 0 spiro atoms. The molecule has 3 aromatic carbocycles. The summed E-state index contributed by atoms with van der Waals surface area (Å²) < 4.78 is 7.40. The van der Waals surface area contributed by atoms with Crippen molar-refractivity contribution in [2.45, 2.75) is 6.54 Å². The number of imidazole rings is 1. The van der Waals surface area contributed by atoms with Crippen molar-refractivity contribution in [2.75, 3.05) is 7.11 Å². The quantitative estimate of drug-likeness (QED) is 0.402. The Morgan fingerprint density at radius 3 is 2.57 bits per heavy atom. The minimum Gasteiger partial charge on any atom is -0.497 e. The van der Waals surface area contributed by atoms with Crippen LogP contribution in [0.15, 0.2) is 79.4 Å². The highest BCUT2D eigenvalue weighted by Gasteiger charge is 2.26. The van der Waals surface area contributed by atoms with E-state index in [1.165, 1.54) is 0 Å². The van der Waals surface area contributed by atoms with Gasteiger partial charge in [-0.25, -0.2) is 4.98 Å². The third kappa shape index (κ3) is 3.15. The highest BCUT2D eigenvalue weighted by Crippen LogP contribution is 2.37. The largest absolute Gasteiger partial charge is 0.497 e. The van der Waals surface area contributed by atoms with Gasteiger partial charge in [-0.3, -0.25) is 4.57 Å². The predicted molar refractivity (Wildman–Crippen MR) is 123 cm³/mol. The van der Waals surface area contributed by atoms with Crippen LogP contribution in [-0.2, 0) is 6.54 Å². The van der Waals surface area contributed by atoms with Crippen molar-refractivity contribution in [1.82, 2.24) is 14.5 Å². The van der Waals surface area contributed by atoms with E-state index in [2.05, 4.69) is 46.5 Å². The summed E-state index contributed by atoms with van der Waals surface area (Å²) in [4.78, 5) is 7.02. The van der Waals surface area contributed by atoms with E-state index in [1.54, 1.807) is 7.11 Å². The topological polar surface area (TPSA) is 30.3 Å². The molecule has 4 aromatic rings. The Hall–Kier alpha value is -3.50. The Kier molecular flexibility index (Phi) is 4.57. The molecule has 0 unspecified atom stereocenters. The zero-order chi connectivity index (χ0) is 20.7. The maximum absolute atomic E-state index is 6.31. The minimum absolute atomic E-state index is 0.657. The van der Waals surface area contributed by atoms with E-state index in [4.69, 9.17) is 21.3 Å². The van der Waals surface area contributed by atoms with Crippen molar-refractivity contribution in [3.05, 3.63) is 101 Å². The van der Waals surface area contributed by atoms with Crippen LogP contribution >= 0.6 is 11.6 Å². The Morgan fingerprint density at radius 1 is 1.00 bits per heavy atom. The van der Waals surface area contributed by atoms with E-state index in [0.717, 1.165) is 45.1 Å². The van der Waals surface area contributed by atoms with Crippen LogP contribution in [0.1, 0.15) is 17.0 Å². The lowest BCUT2D eigenvalue weighted by Gasteiger charge is -2.33. The van der Waals surface area contributed by atoms with E-state index in [-0.39, 0.29) is 0 Å². The van der Waals surface area contributed by atoms with Gasteiger partial charge < -0.3 is 9.64 Å². The van der Waals surface area contributed by atoms with Crippen molar-refractivity contribution < 1.29 is 4.74 Å². The summed E-state index contributed by atoms with van der Waals surface area (Å²) in [6, 6.07) is 24.1. The molecule has 1 aliphatic rings. The fraction of sp³-hybridized carbons (Fsp3) is 0.0800. The molecule has 0 fully saturated rings. The first-order valence-corrected chi connectivity index (χ1v) is 10.1. The molecule has 0 bridgehead atoms. The highest BCUT2D eigenvalue weighted by molar-refractivity contribution is 6.30. The van der Waals surface area contributed by atoms with Crippen molar-refractivity contribution in [2.24, 2.45) is 0 Å². The second-order valence-electron chi connectivity index (χ2n) is 7.20. The molecular formula is C25H20ClN3O. The number of nitrogens with zero attached hydrogens (tertiary/aromatic N) is 3. The van der Waals surface area contributed by atoms with Crippen LogP contribution in [0, 0.1) is 0 Å². The van der Waals surface area contributed by atoms with Gasteiger partial charge in [0.2, 0.25) is 0 Å². The molecule has 5 rings (SSSR count). The molecule has 0 saturated carbocycles. The SMILES string of the molecule is C=C1c2nc3ccccc3n2C=C(c2cccc(Cl)c2)N1Cc1ccc(OC)cc1.